The number of quaternary nitrogens is 1. The van der Waals surface area contributed by atoms with Crippen molar-refractivity contribution in [2.24, 2.45) is 0 Å². The molecule has 0 radical (unpaired) electrons. The van der Waals surface area contributed by atoms with Gasteiger partial charge in [-0.15, -0.1) is 0 Å². The number of piperazine rings is 1. The van der Waals surface area contributed by atoms with Crippen LogP contribution in [-0.2, 0) is 11.2 Å². The number of phenols is 1. The van der Waals surface area contributed by atoms with Gasteiger partial charge in [-0.05, 0) is 30.5 Å². The van der Waals surface area contributed by atoms with Crippen LogP contribution >= 0.6 is 0 Å². The van der Waals surface area contributed by atoms with E-state index in [-0.39, 0.29) is 5.91 Å². The molecular formula is C21H28N3O2+. The summed E-state index contributed by atoms with van der Waals surface area (Å²) in [7, 11) is 0. The summed E-state index contributed by atoms with van der Waals surface area (Å²) in [6.07, 6.45) is 1.96. The smallest absolute Gasteiger partial charge is 0.275 e. The molecule has 26 heavy (non-hydrogen) atoms. The molecule has 0 spiro atoms. The van der Waals surface area contributed by atoms with E-state index in [9.17, 15) is 9.90 Å². The van der Waals surface area contributed by atoms with Gasteiger partial charge in [0.05, 0.1) is 31.9 Å². The van der Waals surface area contributed by atoms with Gasteiger partial charge >= 0.3 is 0 Å². The van der Waals surface area contributed by atoms with Crippen molar-refractivity contribution in [3.05, 3.63) is 60.2 Å². The third-order valence-corrected chi connectivity index (χ3v) is 4.91. The highest BCUT2D eigenvalue weighted by atomic mass is 16.3. The number of anilines is 1. The van der Waals surface area contributed by atoms with Gasteiger partial charge in [-0.3, -0.25) is 4.79 Å². The molecule has 3 rings (SSSR count). The number of carbonyl (C=O) groups is 1. The zero-order valence-electron chi connectivity index (χ0n) is 15.2. The Bertz CT molecular complexity index is 697. The summed E-state index contributed by atoms with van der Waals surface area (Å²) in [5.74, 6) is 0.455. The van der Waals surface area contributed by atoms with E-state index in [0.717, 1.165) is 51.3 Å². The van der Waals surface area contributed by atoms with E-state index in [4.69, 9.17) is 0 Å². The van der Waals surface area contributed by atoms with Crippen molar-refractivity contribution in [1.29, 1.82) is 0 Å². The van der Waals surface area contributed by atoms with Crippen LogP contribution in [0.4, 0.5) is 5.69 Å². The highest BCUT2D eigenvalue weighted by Crippen LogP contribution is 2.25. The molecule has 0 saturated carbocycles. The van der Waals surface area contributed by atoms with Gasteiger partial charge in [0.15, 0.2) is 6.54 Å². The van der Waals surface area contributed by atoms with Crippen molar-refractivity contribution in [3.63, 3.8) is 0 Å². The zero-order chi connectivity index (χ0) is 18.2. The van der Waals surface area contributed by atoms with Crippen molar-refractivity contribution >= 4 is 11.6 Å². The monoisotopic (exact) mass is 354 g/mol. The maximum atomic E-state index is 12.1. The lowest BCUT2D eigenvalue weighted by Gasteiger charge is -2.33. The van der Waals surface area contributed by atoms with Crippen LogP contribution in [0.15, 0.2) is 54.6 Å². The molecule has 1 heterocycles. The second-order valence-electron chi connectivity index (χ2n) is 6.84. The average molecular weight is 354 g/mol. The number of aromatic hydroxyl groups is 1. The summed E-state index contributed by atoms with van der Waals surface area (Å²) in [4.78, 5) is 15.6. The minimum Gasteiger partial charge on any atom is -0.506 e. The van der Waals surface area contributed by atoms with Crippen molar-refractivity contribution in [3.8, 4) is 5.75 Å². The second-order valence-corrected chi connectivity index (χ2v) is 6.84. The van der Waals surface area contributed by atoms with Gasteiger partial charge in [0, 0.05) is 6.54 Å². The van der Waals surface area contributed by atoms with E-state index in [1.807, 2.05) is 36.4 Å². The summed E-state index contributed by atoms with van der Waals surface area (Å²) in [5.41, 5.74) is 2.20. The molecule has 1 aliphatic rings. The van der Waals surface area contributed by atoms with E-state index in [1.165, 1.54) is 10.5 Å². The van der Waals surface area contributed by atoms with E-state index in [2.05, 4.69) is 22.3 Å². The largest absolute Gasteiger partial charge is 0.506 e. The molecule has 0 atom stereocenters. The van der Waals surface area contributed by atoms with Gasteiger partial charge in [-0.25, -0.2) is 0 Å². The van der Waals surface area contributed by atoms with Gasteiger partial charge in [-0.2, -0.15) is 0 Å². The number of nitrogens with zero attached hydrogens (tertiary/aromatic N) is 1. The lowest BCUT2D eigenvalue weighted by atomic mass is 10.1. The first-order chi connectivity index (χ1) is 12.7. The van der Waals surface area contributed by atoms with Crippen molar-refractivity contribution in [2.75, 3.05) is 44.2 Å². The standard InChI is InChI=1S/C21H27N3O2/c25-20-11-5-4-10-19(20)24-15-13-23(14-16-24)17-21(26)22-12-6-9-18-7-2-1-3-8-18/h1-5,7-8,10-11,25H,6,9,12-17H2,(H,22,26)/p+1. The predicted octanol–water partition coefficient (Wildman–Crippen LogP) is 0.846. The SMILES string of the molecule is O=C(C[NH+]1CCN(c2ccccc2O)CC1)NCCCc1ccccc1. The van der Waals surface area contributed by atoms with Gasteiger partial charge in [-0.1, -0.05) is 42.5 Å². The van der Waals surface area contributed by atoms with Crippen LogP contribution in [0.2, 0.25) is 0 Å². The Balaban J connectivity index is 1.34. The van der Waals surface area contributed by atoms with Crippen LogP contribution in [0.3, 0.4) is 0 Å². The van der Waals surface area contributed by atoms with Gasteiger partial charge < -0.3 is 20.2 Å². The second kappa shape index (κ2) is 9.25. The third-order valence-electron chi connectivity index (χ3n) is 4.91. The minimum absolute atomic E-state index is 0.129. The van der Waals surface area contributed by atoms with Crippen LogP contribution in [0, 0.1) is 0 Å². The fraction of sp³-hybridized carbons (Fsp3) is 0.381. The molecule has 5 nitrogen and oxygen atoms in total. The maximum absolute atomic E-state index is 12.1. The summed E-state index contributed by atoms with van der Waals surface area (Å²) in [5, 5.41) is 13.0. The Kier molecular flexibility index (Phi) is 6.50. The molecule has 0 aliphatic carbocycles. The maximum Gasteiger partial charge on any atom is 0.275 e. The molecule has 2 aromatic carbocycles. The van der Waals surface area contributed by atoms with Crippen LogP contribution in [0.25, 0.3) is 0 Å². The normalized spacial score (nSPS) is 15.0. The number of hydrogen-bond acceptors (Lipinski definition) is 3. The number of phenolic OH excluding ortho intramolecular Hbond substituents is 1. The number of amides is 1. The fourth-order valence-electron chi connectivity index (χ4n) is 3.43. The number of aryl methyl sites for hydroxylation is 1. The number of nitrogens with one attached hydrogen (secondary N) is 2. The summed E-state index contributed by atoms with van der Waals surface area (Å²) in [6, 6.07) is 17.8. The van der Waals surface area contributed by atoms with Crippen LogP contribution in [-0.4, -0.2) is 50.3 Å². The van der Waals surface area contributed by atoms with Crippen molar-refractivity contribution in [1.82, 2.24) is 5.32 Å². The minimum atomic E-state index is 0.129. The molecule has 0 bridgehead atoms. The predicted molar refractivity (Wildman–Crippen MR) is 104 cm³/mol. The summed E-state index contributed by atoms with van der Waals surface area (Å²) >= 11 is 0. The number of rotatable bonds is 7. The average Bonchev–Trinajstić information content (AvgIpc) is 2.67. The Hall–Kier alpha value is -2.53. The Morgan fingerprint density at radius 1 is 1.04 bits per heavy atom. The Morgan fingerprint density at radius 2 is 1.73 bits per heavy atom. The van der Waals surface area contributed by atoms with E-state index >= 15 is 0 Å². The molecule has 138 valence electrons. The molecule has 1 fully saturated rings. The molecule has 3 N–H and O–H groups in total. The molecule has 5 heteroatoms. The first kappa shape index (κ1) is 18.3. The van der Waals surface area contributed by atoms with Crippen LogP contribution in [0.5, 0.6) is 5.75 Å². The van der Waals surface area contributed by atoms with Crippen LogP contribution in [0.1, 0.15) is 12.0 Å². The fourth-order valence-corrected chi connectivity index (χ4v) is 3.43. The van der Waals surface area contributed by atoms with Crippen molar-refractivity contribution < 1.29 is 14.8 Å². The molecule has 2 aromatic rings. The van der Waals surface area contributed by atoms with Gasteiger partial charge in [0.1, 0.15) is 5.75 Å². The summed E-state index contributed by atoms with van der Waals surface area (Å²) in [6.45, 7) is 4.78. The topological polar surface area (TPSA) is 57.0 Å². The van der Waals surface area contributed by atoms with Gasteiger partial charge in [0.2, 0.25) is 0 Å². The third kappa shape index (κ3) is 5.23. The number of hydrogen-bond donors (Lipinski definition) is 3. The zero-order valence-corrected chi connectivity index (χ0v) is 15.2. The number of carbonyl (C=O) groups excluding carboxylic acids is 1. The molecule has 0 aromatic heterocycles. The molecule has 0 unspecified atom stereocenters. The van der Waals surface area contributed by atoms with E-state index in [1.54, 1.807) is 6.07 Å². The van der Waals surface area contributed by atoms with E-state index < -0.39 is 0 Å². The quantitative estimate of drug-likeness (QED) is 0.646. The highest BCUT2D eigenvalue weighted by molar-refractivity contribution is 5.76. The van der Waals surface area contributed by atoms with Crippen molar-refractivity contribution in [2.45, 2.75) is 12.8 Å². The summed E-state index contributed by atoms with van der Waals surface area (Å²) < 4.78 is 0. The van der Waals surface area contributed by atoms with Crippen LogP contribution < -0.4 is 15.1 Å². The van der Waals surface area contributed by atoms with Gasteiger partial charge in [0.25, 0.3) is 5.91 Å². The Labute approximate surface area is 155 Å². The Morgan fingerprint density at radius 3 is 2.46 bits per heavy atom. The molecular weight excluding hydrogens is 326 g/mol. The number of benzene rings is 2. The highest BCUT2D eigenvalue weighted by Gasteiger charge is 2.23. The number of para-hydroxylation sites is 2. The first-order valence-electron chi connectivity index (χ1n) is 9.39. The van der Waals surface area contributed by atoms with E-state index in [0.29, 0.717) is 12.3 Å². The molecule has 1 saturated heterocycles. The first-order valence-corrected chi connectivity index (χ1v) is 9.39. The lowest BCUT2D eigenvalue weighted by molar-refractivity contribution is -0.892. The molecule has 1 aliphatic heterocycles. The molecule has 1 amide bonds. The lowest BCUT2D eigenvalue weighted by Crippen LogP contribution is -3.15.